The molecule has 5 nitrogen and oxygen atoms in total. The molecule has 4 N–H and O–H groups in total. The molecule has 0 saturated heterocycles. The van der Waals surface area contributed by atoms with E-state index in [1.807, 2.05) is 13.8 Å². The van der Waals surface area contributed by atoms with E-state index < -0.39 is 17.8 Å². The third-order valence-electron chi connectivity index (χ3n) is 2.90. The van der Waals surface area contributed by atoms with Gasteiger partial charge in [0.2, 0.25) is 11.8 Å². The van der Waals surface area contributed by atoms with Crippen molar-refractivity contribution in [2.45, 2.75) is 26.8 Å². The number of aryl methyl sites for hydroxylation is 1. The van der Waals surface area contributed by atoms with Crippen LogP contribution in [0.5, 0.6) is 0 Å². The van der Waals surface area contributed by atoms with E-state index >= 15 is 0 Å². The summed E-state index contributed by atoms with van der Waals surface area (Å²) >= 11 is 0. The fourth-order valence-electron chi connectivity index (χ4n) is 1.46. The van der Waals surface area contributed by atoms with Crippen LogP contribution in [-0.2, 0) is 9.59 Å². The van der Waals surface area contributed by atoms with Gasteiger partial charge in [-0.2, -0.15) is 0 Å². The number of nitrogens with one attached hydrogen (secondary N) is 2. The highest BCUT2D eigenvalue weighted by Gasteiger charge is 2.17. The third kappa shape index (κ3) is 6.10. The first-order valence-corrected chi connectivity index (χ1v) is 6.40. The fourth-order valence-corrected chi connectivity index (χ4v) is 1.46. The lowest BCUT2D eigenvalue weighted by atomic mass is 10.1. The van der Waals surface area contributed by atoms with Crippen LogP contribution in [0.1, 0.15) is 19.4 Å². The van der Waals surface area contributed by atoms with Crippen LogP contribution in [0.4, 0.5) is 10.1 Å². The van der Waals surface area contributed by atoms with Gasteiger partial charge in [0, 0.05) is 5.69 Å². The molecule has 0 aliphatic carbocycles. The second-order valence-electron chi connectivity index (χ2n) is 5.00. The summed E-state index contributed by atoms with van der Waals surface area (Å²) in [6.07, 6.45) is 0. The number of carbonyl (C=O) groups is 2. The van der Waals surface area contributed by atoms with Crippen molar-refractivity contribution in [3.63, 3.8) is 0 Å². The van der Waals surface area contributed by atoms with E-state index in [1.54, 1.807) is 19.1 Å². The number of nitrogens with two attached hydrogens (primary N) is 1. The van der Waals surface area contributed by atoms with Gasteiger partial charge in [-0.05, 0) is 30.5 Å². The summed E-state index contributed by atoms with van der Waals surface area (Å²) in [5.74, 6) is -1.22. The van der Waals surface area contributed by atoms with Crippen LogP contribution in [0.2, 0.25) is 0 Å². The predicted octanol–water partition coefficient (Wildman–Crippen LogP) is 1.59. The zero-order valence-electron chi connectivity index (χ0n) is 12.3. The highest BCUT2D eigenvalue weighted by atomic mass is 35.5. The molecule has 0 unspecified atom stereocenters. The molecule has 1 aromatic carbocycles. The average Bonchev–Trinajstić information content (AvgIpc) is 2.39. The van der Waals surface area contributed by atoms with E-state index in [2.05, 4.69) is 10.6 Å². The van der Waals surface area contributed by atoms with Crippen LogP contribution in [0, 0.1) is 18.7 Å². The number of anilines is 1. The van der Waals surface area contributed by atoms with Crippen LogP contribution < -0.4 is 16.4 Å². The molecule has 0 bridgehead atoms. The molecule has 0 fully saturated rings. The number of amides is 2. The van der Waals surface area contributed by atoms with Gasteiger partial charge in [0.15, 0.2) is 0 Å². The average molecular weight is 318 g/mol. The van der Waals surface area contributed by atoms with Crippen LogP contribution in [0.15, 0.2) is 18.2 Å². The van der Waals surface area contributed by atoms with Crippen molar-refractivity contribution in [2.24, 2.45) is 11.7 Å². The Balaban J connectivity index is 0.00000400. The SMILES string of the molecule is Cc1ccc(NC(=O)CNC(=O)[C@@H](N)C(C)C)cc1F.Cl. The molecule has 118 valence electrons. The van der Waals surface area contributed by atoms with Gasteiger partial charge in [0.25, 0.3) is 0 Å². The Morgan fingerprint density at radius 1 is 1.33 bits per heavy atom. The highest BCUT2D eigenvalue weighted by molar-refractivity contribution is 5.95. The molecule has 0 spiro atoms. The number of rotatable bonds is 5. The first kappa shape index (κ1) is 19.3. The molecular weight excluding hydrogens is 297 g/mol. The normalized spacial score (nSPS) is 11.5. The zero-order chi connectivity index (χ0) is 15.3. The van der Waals surface area contributed by atoms with E-state index in [0.717, 1.165) is 0 Å². The summed E-state index contributed by atoms with van der Waals surface area (Å²) in [5, 5.41) is 4.94. The lowest BCUT2D eigenvalue weighted by Crippen LogP contribution is -2.46. The number of halogens is 2. The maximum atomic E-state index is 13.3. The van der Waals surface area contributed by atoms with Gasteiger partial charge < -0.3 is 16.4 Å². The quantitative estimate of drug-likeness (QED) is 0.771. The van der Waals surface area contributed by atoms with Gasteiger partial charge in [-0.15, -0.1) is 12.4 Å². The Morgan fingerprint density at radius 3 is 2.48 bits per heavy atom. The lowest BCUT2D eigenvalue weighted by molar-refractivity contribution is -0.125. The largest absolute Gasteiger partial charge is 0.346 e. The van der Waals surface area contributed by atoms with Crippen molar-refractivity contribution in [3.8, 4) is 0 Å². The molecule has 1 rings (SSSR count). The molecule has 0 radical (unpaired) electrons. The second kappa shape index (κ2) is 8.59. The Labute approximate surface area is 129 Å². The van der Waals surface area contributed by atoms with E-state index in [0.29, 0.717) is 11.3 Å². The molecular formula is C14H21ClFN3O2. The van der Waals surface area contributed by atoms with Crippen molar-refractivity contribution in [3.05, 3.63) is 29.6 Å². The first-order chi connectivity index (χ1) is 9.31. The molecule has 1 aromatic rings. The highest BCUT2D eigenvalue weighted by Crippen LogP contribution is 2.13. The van der Waals surface area contributed by atoms with Crippen molar-refractivity contribution in [2.75, 3.05) is 11.9 Å². The molecule has 0 aromatic heterocycles. The smallest absolute Gasteiger partial charge is 0.243 e. The third-order valence-corrected chi connectivity index (χ3v) is 2.90. The Hall–Kier alpha value is -1.66. The van der Waals surface area contributed by atoms with Gasteiger partial charge in [0.1, 0.15) is 5.82 Å². The van der Waals surface area contributed by atoms with Crippen molar-refractivity contribution < 1.29 is 14.0 Å². The maximum Gasteiger partial charge on any atom is 0.243 e. The summed E-state index contributed by atoms with van der Waals surface area (Å²) in [4.78, 5) is 23.2. The molecule has 0 saturated carbocycles. The van der Waals surface area contributed by atoms with E-state index in [4.69, 9.17) is 5.73 Å². The van der Waals surface area contributed by atoms with Crippen molar-refractivity contribution >= 4 is 29.9 Å². The monoisotopic (exact) mass is 317 g/mol. The lowest BCUT2D eigenvalue weighted by Gasteiger charge is -2.15. The molecule has 1 atom stereocenters. The summed E-state index contributed by atoms with van der Waals surface area (Å²) in [6.45, 7) is 5.07. The number of benzene rings is 1. The van der Waals surface area contributed by atoms with Gasteiger partial charge >= 0.3 is 0 Å². The van der Waals surface area contributed by atoms with Crippen molar-refractivity contribution in [1.82, 2.24) is 5.32 Å². The fraction of sp³-hybridized carbons (Fsp3) is 0.429. The van der Waals surface area contributed by atoms with E-state index in [-0.39, 0.29) is 30.8 Å². The van der Waals surface area contributed by atoms with Crippen LogP contribution in [0.3, 0.4) is 0 Å². The molecule has 0 aliphatic rings. The number of carbonyl (C=O) groups excluding carboxylic acids is 2. The molecule has 0 aliphatic heterocycles. The Kier molecular flexibility index (Phi) is 7.91. The Bertz CT molecular complexity index is 509. The standard InChI is InChI=1S/C14H20FN3O2.ClH/c1-8(2)13(16)14(20)17-7-12(19)18-10-5-4-9(3)11(15)6-10;/h4-6,8,13H,7,16H2,1-3H3,(H,17,20)(H,18,19);1H/t13-;/m0./s1. The minimum atomic E-state index is -0.653. The predicted molar refractivity (Wildman–Crippen MR) is 82.8 cm³/mol. The number of hydrogen-bond acceptors (Lipinski definition) is 3. The van der Waals surface area contributed by atoms with E-state index in [1.165, 1.54) is 6.07 Å². The summed E-state index contributed by atoms with van der Waals surface area (Å²) in [5.41, 5.74) is 6.49. The van der Waals surface area contributed by atoms with Crippen LogP contribution in [0.25, 0.3) is 0 Å². The minimum absolute atomic E-state index is 0. The first-order valence-electron chi connectivity index (χ1n) is 6.40. The summed E-state index contributed by atoms with van der Waals surface area (Å²) in [6, 6.07) is 3.74. The summed E-state index contributed by atoms with van der Waals surface area (Å²) < 4.78 is 13.3. The van der Waals surface area contributed by atoms with Crippen molar-refractivity contribution in [1.29, 1.82) is 0 Å². The summed E-state index contributed by atoms with van der Waals surface area (Å²) in [7, 11) is 0. The van der Waals surface area contributed by atoms with Crippen LogP contribution >= 0.6 is 12.4 Å². The van der Waals surface area contributed by atoms with Gasteiger partial charge in [-0.3, -0.25) is 9.59 Å². The molecule has 7 heteroatoms. The van der Waals surface area contributed by atoms with Gasteiger partial charge in [0.05, 0.1) is 12.6 Å². The molecule has 0 heterocycles. The topological polar surface area (TPSA) is 84.2 Å². The zero-order valence-corrected chi connectivity index (χ0v) is 13.1. The maximum absolute atomic E-state index is 13.3. The van der Waals surface area contributed by atoms with E-state index in [9.17, 15) is 14.0 Å². The molecule has 2 amide bonds. The molecule has 21 heavy (non-hydrogen) atoms. The van der Waals surface area contributed by atoms with Gasteiger partial charge in [-0.25, -0.2) is 4.39 Å². The van der Waals surface area contributed by atoms with Crippen LogP contribution in [-0.4, -0.2) is 24.4 Å². The number of hydrogen-bond donors (Lipinski definition) is 3. The minimum Gasteiger partial charge on any atom is -0.346 e. The second-order valence-corrected chi connectivity index (χ2v) is 5.00. The Morgan fingerprint density at radius 2 is 1.95 bits per heavy atom. The van der Waals surface area contributed by atoms with Gasteiger partial charge in [-0.1, -0.05) is 19.9 Å².